The lowest BCUT2D eigenvalue weighted by atomic mass is 9.98. The van der Waals surface area contributed by atoms with E-state index in [-0.39, 0.29) is 12.0 Å². The van der Waals surface area contributed by atoms with Gasteiger partial charge in [-0.3, -0.25) is 0 Å². The van der Waals surface area contributed by atoms with Gasteiger partial charge in [-0.1, -0.05) is 48.5 Å². The monoisotopic (exact) mass is 281 g/mol. The molecule has 0 radical (unpaired) electrons. The molecule has 0 aromatic heterocycles. The number of amides is 1. The Bertz CT molecular complexity index is 620. The molecule has 0 fully saturated rings. The SMILES string of the molecule is CCN(C)C(=O)OCC1c2ccccc2-c2ccccc21. The molecule has 0 saturated carbocycles. The first-order valence-electron chi connectivity index (χ1n) is 7.28. The van der Waals surface area contributed by atoms with E-state index < -0.39 is 0 Å². The maximum atomic E-state index is 11.9. The number of carbonyl (C=O) groups excluding carboxylic acids is 1. The normalized spacial score (nSPS) is 12.7. The van der Waals surface area contributed by atoms with E-state index in [4.69, 9.17) is 4.74 Å². The molecule has 0 N–H and O–H groups in total. The number of hydrogen-bond donors (Lipinski definition) is 0. The predicted octanol–water partition coefficient (Wildman–Crippen LogP) is 3.89. The van der Waals surface area contributed by atoms with E-state index in [0.717, 1.165) is 0 Å². The lowest BCUT2D eigenvalue weighted by Gasteiger charge is -2.18. The Labute approximate surface area is 125 Å². The fourth-order valence-corrected chi connectivity index (χ4v) is 2.83. The van der Waals surface area contributed by atoms with E-state index in [1.54, 1.807) is 11.9 Å². The van der Waals surface area contributed by atoms with Crippen LogP contribution < -0.4 is 0 Å². The van der Waals surface area contributed by atoms with Gasteiger partial charge in [-0.05, 0) is 29.2 Å². The van der Waals surface area contributed by atoms with Gasteiger partial charge in [0.05, 0.1) is 0 Å². The zero-order chi connectivity index (χ0) is 14.8. The molecule has 0 bridgehead atoms. The Balaban J connectivity index is 1.87. The highest BCUT2D eigenvalue weighted by Gasteiger charge is 2.29. The van der Waals surface area contributed by atoms with Gasteiger partial charge in [0, 0.05) is 19.5 Å². The van der Waals surface area contributed by atoms with Crippen LogP contribution in [0.3, 0.4) is 0 Å². The molecule has 108 valence electrons. The van der Waals surface area contributed by atoms with Crippen molar-refractivity contribution in [1.82, 2.24) is 4.90 Å². The molecule has 1 aliphatic rings. The molecule has 0 heterocycles. The van der Waals surface area contributed by atoms with Crippen molar-refractivity contribution in [3.63, 3.8) is 0 Å². The molecule has 0 saturated heterocycles. The molecule has 3 nitrogen and oxygen atoms in total. The van der Waals surface area contributed by atoms with Crippen LogP contribution >= 0.6 is 0 Å². The van der Waals surface area contributed by atoms with E-state index in [0.29, 0.717) is 13.2 Å². The number of fused-ring (bicyclic) bond motifs is 3. The van der Waals surface area contributed by atoms with Crippen molar-refractivity contribution in [2.45, 2.75) is 12.8 Å². The third-order valence-electron chi connectivity index (χ3n) is 4.12. The highest BCUT2D eigenvalue weighted by molar-refractivity contribution is 5.79. The maximum absolute atomic E-state index is 11.9. The molecule has 3 rings (SSSR count). The van der Waals surface area contributed by atoms with Gasteiger partial charge in [-0.25, -0.2) is 4.79 Å². The fraction of sp³-hybridized carbons (Fsp3) is 0.278. The minimum Gasteiger partial charge on any atom is -0.448 e. The van der Waals surface area contributed by atoms with Crippen molar-refractivity contribution in [2.24, 2.45) is 0 Å². The number of carbonyl (C=O) groups is 1. The van der Waals surface area contributed by atoms with Gasteiger partial charge in [0.15, 0.2) is 0 Å². The average Bonchev–Trinajstić information content (AvgIpc) is 2.86. The molecule has 0 spiro atoms. The molecular weight excluding hydrogens is 262 g/mol. The van der Waals surface area contributed by atoms with Crippen LogP contribution in [0.4, 0.5) is 4.79 Å². The zero-order valence-corrected chi connectivity index (χ0v) is 12.4. The van der Waals surface area contributed by atoms with Crippen LogP contribution in [0.1, 0.15) is 24.0 Å². The van der Waals surface area contributed by atoms with E-state index in [9.17, 15) is 4.79 Å². The first-order chi connectivity index (χ1) is 10.2. The highest BCUT2D eigenvalue weighted by atomic mass is 16.6. The highest BCUT2D eigenvalue weighted by Crippen LogP contribution is 2.44. The predicted molar refractivity (Wildman–Crippen MR) is 83.4 cm³/mol. The second-order valence-electron chi connectivity index (χ2n) is 5.32. The summed E-state index contributed by atoms with van der Waals surface area (Å²) in [7, 11) is 1.75. The van der Waals surface area contributed by atoms with Gasteiger partial charge in [0.2, 0.25) is 0 Å². The van der Waals surface area contributed by atoms with Crippen molar-refractivity contribution in [1.29, 1.82) is 0 Å². The van der Waals surface area contributed by atoms with E-state index in [1.165, 1.54) is 22.3 Å². The van der Waals surface area contributed by atoms with Crippen LogP contribution in [0, 0.1) is 0 Å². The lowest BCUT2D eigenvalue weighted by molar-refractivity contribution is 0.110. The minimum absolute atomic E-state index is 0.131. The summed E-state index contributed by atoms with van der Waals surface area (Å²) < 4.78 is 5.48. The number of hydrogen-bond acceptors (Lipinski definition) is 2. The second-order valence-corrected chi connectivity index (χ2v) is 5.32. The minimum atomic E-state index is -0.264. The van der Waals surface area contributed by atoms with Crippen molar-refractivity contribution >= 4 is 6.09 Å². The molecule has 2 aromatic rings. The Hall–Kier alpha value is -2.29. The average molecular weight is 281 g/mol. The molecule has 0 aliphatic heterocycles. The third-order valence-corrected chi connectivity index (χ3v) is 4.12. The quantitative estimate of drug-likeness (QED) is 0.854. The van der Waals surface area contributed by atoms with Gasteiger partial charge in [-0.2, -0.15) is 0 Å². The summed E-state index contributed by atoms with van der Waals surface area (Å²) in [6.07, 6.45) is -0.264. The van der Waals surface area contributed by atoms with E-state index in [1.807, 2.05) is 19.1 Å². The summed E-state index contributed by atoms with van der Waals surface area (Å²) in [6, 6.07) is 16.7. The summed E-state index contributed by atoms with van der Waals surface area (Å²) in [4.78, 5) is 13.4. The number of benzene rings is 2. The van der Waals surface area contributed by atoms with Crippen molar-refractivity contribution in [2.75, 3.05) is 20.2 Å². The topological polar surface area (TPSA) is 29.5 Å². The van der Waals surface area contributed by atoms with Crippen LogP contribution in [0.15, 0.2) is 48.5 Å². The molecule has 2 aromatic carbocycles. The molecular formula is C18H19NO2. The molecule has 1 aliphatic carbocycles. The van der Waals surface area contributed by atoms with Crippen molar-refractivity contribution in [3.8, 4) is 11.1 Å². The summed E-state index contributed by atoms with van der Waals surface area (Å²) in [5, 5.41) is 0. The molecule has 0 atom stereocenters. The third kappa shape index (κ3) is 2.40. The molecule has 21 heavy (non-hydrogen) atoms. The van der Waals surface area contributed by atoms with Crippen LogP contribution in [-0.4, -0.2) is 31.2 Å². The van der Waals surface area contributed by atoms with Crippen molar-refractivity contribution in [3.05, 3.63) is 59.7 Å². The summed E-state index contributed by atoms with van der Waals surface area (Å²) in [6.45, 7) is 2.97. The first-order valence-corrected chi connectivity index (χ1v) is 7.28. The number of ether oxygens (including phenoxy) is 1. The lowest BCUT2D eigenvalue weighted by Crippen LogP contribution is -2.28. The van der Waals surface area contributed by atoms with Gasteiger partial charge in [0.1, 0.15) is 6.61 Å². The number of rotatable bonds is 3. The van der Waals surface area contributed by atoms with Crippen LogP contribution in [0.5, 0.6) is 0 Å². The van der Waals surface area contributed by atoms with Gasteiger partial charge in [-0.15, -0.1) is 0 Å². The summed E-state index contributed by atoms with van der Waals surface area (Å²) >= 11 is 0. The first kappa shape index (κ1) is 13.7. The Morgan fingerprint density at radius 1 is 1.05 bits per heavy atom. The van der Waals surface area contributed by atoms with Gasteiger partial charge < -0.3 is 9.64 Å². The van der Waals surface area contributed by atoms with E-state index in [2.05, 4.69) is 36.4 Å². The van der Waals surface area contributed by atoms with Gasteiger partial charge >= 0.3 is 6.09 Å². The van der Waals surface area contributed by atoms with Crippen LogP contribution in [0.2, 0.25) is 0 Å². The summed E-state index contributed by atoms with van der Waals surface area (Å²) in [5.74, 6) is 0.131. The Kier molecular flexibility index (Phi) is 3.65. The molecule has 1 amide bonds. The molecule has 0 unspecified atom stereocenters. The van der Waals surface area contributed by atoms with Gasteiger partial charge in [0.25, 0.3) is 0 Å². The number of nitrogens with zero attached hydrogens (tertiary/aromatic N) is 1. The zero-order valence-electron chi connectivity index (χ0n) is 12.4. The maximum Gasteiger partial charge on any atom is 0.409 e. The molecule has 3 heteroatoms. The van der Waals surface area contributed by atoms with Crippen molar-refractivity contribution < 1.29 is 9.53 Å². The van der Waals surface area contributed by atoms with Crippen LogP contribution in [-0.2, 0) is 4.74 Å². The van der Waals surface area contributed by atoms with E-state index >= 15 is 0 Å². The Morgan fingerprint density at radius 2 is 1.57 bits per heavy atom. The Morgan fingerprint density at radius 3 is 2.10 bits per heavy atom. The smallest absolute Gasteiger partial charge is 0.409 e. The standard InChI is InChI=1S/C18H19NO2/c1-3-19(2)18(20)21-12-17-15-10-6-4-8-13(15)14-9-5-7-11-16(14)17/h4-11,17H,3,12H2,1-2H3. The fourth-order valence-electron chi connectivity index (χ4n) is 2.83. The second kappa shape index (κ2) is 5.60. The van der Waals surface area contributed by atoms with Crippen LogP contribution in [0.25, 0.3) is 11.1 Å². The summed E-state index contributed by atoms with van der Waals surface area (Å²) in [5.41, 5.74) is 4.98. The largest absolute Gasteiger partial charge is 0.448 e.